The van der Waals surface area contributed by atoms with Gasteiger partial charge in [0.15, 0.2) is 0 Å². The lowest BCUT2D eigenvalue weighted by Gasteiger charge is -2.15. The van der Waals surface area contributed by atoms with Gasteiger partial charge in [-0.05, 0) is 23.9 Å². The zero-order chi connectivity index (χ0) is 16.0. The smallest absolute Gasteiger partial charge is 0.332 e. The Hall–Kier alpha value is -1.39. The second kappa shape index (κ2) is 7.75. The first-order chi connectivity index (χ1) is 10.6. The van der Waals surface area contributed by atoms with Crippen molar-refractivity contribution in [3.05, 3.63) is 42.0 Å². The molecule has 0 aliphatic heterocycles. The van der Waals surface area contributed by atoms with Crippen molar-refractivity contribution in [2.45, 2.75) is 13.1 Å². The first-order valence-electron chi connectivity index (χ1n) is 7.16. The van der Waals surface area contributed by atoms with Gasteiger partial charge < -0.3 is 18.9 Å². The molecule has 2 aromatic rings. The minimum Gasteiger partial charge on any atom is -0.491 e. The average molecular weight is 324 g/mol. The van der Waals surface area contributed by atoms with E-state index in [-0.39, 0.29) is 12.8 Å². The van der Waals surface area contributed by atoms with Gasteiger partial charge in [-0.15, -0.1) is 0 Å². The fourth-order valence-electron chi connectivity index (χ4n) is 2.30. The Morgan fingerprint density at radius 1 is 1.09 bits per heavy atom. The van der Waals surface area contributed by atoms with Crippen molar-refractivity contribution in [1.29, 1.82) is 0 Å². The molecule has 1 N–H and O–H groups in total. The number of hydrogen-bond acceptors (Lipinski definition) is 4. The summed E-state index contributed by atoms with van der Waals surface area (Å²) in [5, 5.41) is 1.80. The van der Waals surface area contributed by atoms with E-state index in [9.17, 15) is 9.46 Å². The van der Waals surface area contributed by atoms with Crippen LogP contribution in [0.1, 0.15) is 12.5 Å². The van der Waals surface area contributed by atoms with Crippen LogP contribution in [0.5, 0.6) is 5.75 Å². The lowest BCUT2D eigenvalue weighted by molar-refractivity contribution is 0.147. The summed E-state index contributed by atoms with van der Waals surface area (Å²) in [4.78, 5) is 9.86. The number of benzene rings is 2. The molecular weight excluding hydrogens is 303 g/mol. The standard InChI is InChI=1S/C16H21O5P/c1-3-21-22(17,18)12-13-8-9-16(20-11-10-19-2)15-7-5-4-6-14(13)15/h4-9H,3,10-12H2,1-2H3,(H,17,18). The minimum absolute atomic E-state index is 0.0142. The number of fused-ring (bicyclic) bond motifs is 1. The molecule has 0 heterocycles. The van der Waals surface area contributed by atoms with E-state index in [2.05, 4.69) is 0 Å². The molecular formula is C16H21O5P. The Morgan fingerprint density at radius 2 is 1.82 bits per heavy atom. The maximum Gasteiger partial charge on any atom is 0.332 e. The first-order valence-corrected chi connectivity index (χ1v) is 8.92. The van der Waals surface area contributed by atoms with Crippen LogP contribution in [-0.4, -0.2) is 31.8 Å². The zero-order valence-electron chi connectivity index (χ0n) is 12.8. The molecule has 2 rings (SSSR count). The Labute approximate surface area is 130 Å². The SMILES string of the molecule is CCOP(=O)(O)Cc1ccc(OCCOC)c2ccccc12. The Morgan fingerprint density at radius 3 is 2.50 bits per heavy atom. The van der Waals surface area contributed by atoms with E-state index in [4.69, 9.17) is 14.0 Å². The van der Waals surface area contributed by atoms with E-state index in [1.54, 1.807) is 14.0 Å². The summed E-state index contributed by atoms with van der Waals surface area (Å²) in [6.07, 6.45) is -0.0142. The van der Waals surface area contributed by atoms with Crippen molar-refractivity contribution >= 4 is 18.4 Å². The molecule has 120 valence electrons. The Kier molecular flexibility index (Phi) is 5.98. The highest BCUT2D eigenvalue weighted by Crippen LogP contribution is 2.47. The molecule has 0 aliphatic rings. The summed E-state index contributed by atoms with van der Waals surface area (Å²) in [5.41, 5.74) is 0.772. The molecule has 2 aromatic carbocycles. The lowest BCUT2D eigenvalue weighted by atomic mass is 10.0. The third kappa shape index (κ3) is 4.31. The first kappa shape index (κ1) is 17.0. The molecule has 0 aliphatic carbocycles. The fourth-order valence-corrected chi connectivity index (χ4v) is 3.50. The van der Waals surface area contributed by atoms with E-state index in [1.165, 1.54) is 0 Å². The van der Waals surface area contributed by atoms with Gasteiger partial charge in [-0.2, -0.15) is 0 Å². The molecule has 1 unspecified atom stereocenters. The molecule has 0 spiro atoms. The molecule has 22 heavy (non-hydrogen) atoms. The quantitative estimate of drug-likeness (QED) is 0.594. The van der Waals surface area contributed by atoms with Gasteiger partial charge in [0.05, 0.1) is 19.4 Å². The van der Waals surface area contributed by atoms with Crippen LogP contribution in [-0.2, 0) is 20.0 Å². The van der Waals surface area contributed by atoms with E-state index >= 15 is 0 Å². The molecule has 0 bridgehead atoms. The van der Waals surface area contributed by atoms with Crippen LogP contribution >= 0.6 is 7.60 Å². The van der Waals surface area contributed by atoms with Crippen LogP contribution in [0.15, 0.2) is 36.4 Å². The van der Waals surface area contributed by atoms with E-state index in [0.29, 0.717) is 13.2 Å². The summed E-state index contributed by atoms with van der Waals surface area (Å²) in [6, 6.07) is 11.3. The topological polar surface area (TPSA) is 65.0 Å². The van der Waals surface area contributed by atoms with Crippen LogP contribution < -0.4 is 4.74 Å². The van der Waals surface area contributed by atoms with Gasteiger partial charge in [-0.3, -0.25) is 4.57 Å². The average Bonchev–Trinajstić information content (AvgIpc) is 2.49. The highest BCUT2D eigenvalue weighted by molar-refractivity contribution is 7.52. The van der Waals surface area contributed by atoms with Crippen molar-refractivity contribution in [3.8, 4) is 5.75 Å². The van der Waals surface area contributed by atoms with Crippen molar-refractivity contribution in [3.63, 3.8) is 0 Å². The largest absolute Gasteiger partial charge is 0.491 e. The minimum atomic E-state index is -3.62. The van der Waals surface area contributed by atoms with Crippen molar-refractivity contribution in [2.75, 3.05) is 26.9 Å². The molecule has 0 saturated carbocycles. The van der Waals surface area contributed by atoms with Gasteiger partial charge in [0, 0.05) is 12.5 Å². The maximum absolute atomic E-state index is 12.0. The molecule has 0 radical (unpaired) electrons. The normalized spacial score (nSPS) is 14.0. The lowest BCUT2D eigenvalue weighted by Crippen LogP contribution is -2.05. The van der Waals surface area contributed by atoms with Gasteiger partial charge in [0.1, 0.15) is 12.4 Å². The molecule has 0 aromatic heterocycles. The number of hydrogen-bond donors (Lipinski definition) is 1. The van der Waals surface area contributed by atoms with E-state index < -0.39 is 7.60 Å². The van der Waals surface area contributed by atoms with E-state index in [1.807, 2.05) is 36.4 Å². The Bertz CT molecular complexity index is 671. The molecule has 0 fully saturated rings. The van der Waals surface area contributed by atoms with Crippen LogP contribution in [0.3, 0.4) is 0 Å². The monoisotopic (exact) mass is 324 g/mol. The van der Waals surface area contributed by atoms with E-state index in [0.717, 1.165) is 22.1 Å². The molecule has 5 nitrogen and oxygen atoms in total. The third-order valence-corrected chi connectivity index (χ3v) is 4.62. The van der Waals surface area contributed by atoms with Crippen molar-refractivity contribution in [1.82, 2.24) is 0 Å². The predicted octanol–water partition coefficient (Wildman–Crippen LogP) is 3.59. The van der Waals surface area contributed by atoms with Gasteiger partial charge in [0.25, 0.3) is 0 Å². The molecule has 6 heteroatoms. The molecule has 0 amide bonds. The molecule has 1 atom stereocenters. The van der Waals surface area contributed by atoms with Crippen LogP contribution in [0, 0.1) is 0 Å². The maximum atomic E-state index is 12.0. The van der Waals surface area contributed by atoms with Gasteiger partial charge >= 0.3 is 7.60 Å². The zero-order valence-corrected chi connectivity index (χ0v) is 13.7. The summed E-state index contributed by atoms with van der Waals surface area (Å²) < 4.78 is 27.6. The van der Waals surface area contributed by atoms with Crippen molar-refractivity contribution < 1.29 is 23.5 Å². The summed E-state index contributed by atoms with van der Waals surface area (Å²) in [5.74, 6) is 0.737. The predicted molar refractivity (Wildman–Crippen MR) is 86.5 cm³/mol. The number of ether oxygens (including phenoxy) is 2. The number of rotatable bonds is 8. The number of methoxy groups -OCH3 is 1. The summed E-state index contributed by atoms with van der Waals surface area (Å²) in [6.45, 7) is 2.88. The highest BCUT2D eigenvalue weighted by atomic mass is 31.2. The van der Waals surface area contributed by atoms with Gasteiger partial charge in [0.2, 0.25) is 0 Å². The molecule has 0 saturated heterocycles. The van der Waals surface area contributed by atoms with Crippen LogP contribution in [0.25, 0.3) is 10.8 Å². The summed E-state index contributed by atoms with van der Waals surface area (Å²) in [7, 11) is -2.00. The third-order valence-electron chi connectivity index (χ3n) is 3.22. The second-order valence-electron chi connectivity index (χ2n) is 4.82. The highest BCUT2D eigenvalue weighted by Gasteiger charge is 2.21. The van der Waals surface area contributed by atoms with Gasteiger partial charge in [-0.25, -0.2) is 0 Å². The summed E-state index contributed by atoms with van der Waals surface area (Å²) >= 11 is 0. The van der Waals surface area contributed by atoms with Crippen LogP contribution in [0.4, 0.5) is 0 Å². The fraction of sp³-hybridized carbons (Fsp3) is 0.375. The van der Waals surface area contributed by atoms with Crippen molar-refractivity contribution in [2.24, 2.45) is 0 Å². The second-order valence-corrected chi connectivity index (χ2v) is 6.67. The Balaban J connectivity index is 2.33. The van der Waals surface area contributed by atoms with Gasteiger partial charge in [-0.1, -0.05) is 30.3 Å². The van der Waals surface area contributed by atoms with Crippen LogP contribution in [0.2, 0.25) is 0 Å².